The van der Waals surface area contributed by atoms with Crippen LogP contribution in [0, 0.1) is 0 Å². The molecule has 0 heterocycles. The van der Waals surface area contributed by atoms with E-state index in [4.69, 9.17) is 35.3 Å². The summed E-state index contributed by atoms with van der Waals surface area (Å²) < 4.78 is 0. The summed E-state index contributed by atoms with van der Waals surface area (Å²) in [6.07, 6.45) is 2.28. The normalized spacial score (nSPS) is 10.2. The Morgan fingerprint density at radius 1 is 1.00 bits per heavy atom. The van der Waals surface area contributed by atoms with Crippen LogP contribution < -0.4 is 0 Å². The quantitative estimate of drug-likeness (QED) is 0.281. The lowest BCUT2D eigenvalue weighted by Gasteiger charge is -2.05. The zero-order valence-corrected chi connectivity index (χ0v) is 10.6. The largest absolute Gasteiger partial charge is 0.503 e. The van der Waals surface area contributed by atoms with Crippen molar-refractivity contribution in [3.8, 4) is 0 Å². The molecule has 0 aromatic heterocycles. The van der Waals surface area contributed by atoms with Crippen molar-refractivity contribution in [2.45, 2.75) is 52.1 Å². The van der Waals surface area contributed by atoms with Crippen LogP contribution in [-0.4, -0.2) is 44.1 Å². The number of unbranched alkanes of at least 4 members (excludes halogenated alkanes) is 3. The third-order valence-electron chi connectivity index (χ3n) is 1.64. The molecule has 0 aromatic carbocycles. The molecular weight excluding hydrogens is 248 g/mol. The third-order valence-corrected chi connectivity index (χ3v) is 1.64. The fourth-order valence-corrected chi connectivity index (χ4v) is 0.911. The van der Waals surface area contributed by atoms with E-state index in [0.29, 0.717) is 0 Å². The molecule has 0 saturated heterocycles. The zero-order chi connectivity index (χ0) is 15.0. The molecule has 0 aliphatic rings. The van der Waals surface area contributed by atoms with Gasteiger partial charge < -0.3 is 20.4 Å². The van der Waals surface area contributed by atoms with E-state index >= 15 is 0 Å². The van der Waals surface area contributed by atoms with E-state index in [1.54, 1.807) is 0 Å². The molecule has 0 bridgehead atoms. The van der Waals surface area contributed by atoms with Gasteiger partial charge in [0.15, 0.2) is 0 Å². The first kappa shape index (κ1) is 21.7. The van der Waals surface area contributed by atoms with Gasteiger partial charge in [0.2, 0.25) is 0 Å². The van der Waals surface area contributed by atoms with Crippen LogP contribution in [0.1, 0.15) is 46.0 Å². The Kier molecular flexibility index (Phi) is 21.5. The summed E-state index contributed by atoms with van der Waals surface area (Å²) in [4.78, 5) is 21.2. The number of carbonyl (C=O) groups is 2. The number of rotatable bonds is 6. The second-order valence-electron chi connectivity index (χ2n) is 3.33. The highest BCUT2D eigenvalue weighted by Gasteiger charge is 1.98. The Morgan fingerprint density at radius 3 is 1.67 bits per heavy atom. The molecule has 110 valence electrons. The van der Waals surface area contributed by atoms with Gasteiger partial charge in [-0.2, -0.15) is 0 Å². The first-order valence-corrected chi connectivity index (χ1v) is 5.41. The lowest BCUT2D eigenvalue weighted by Crippen LogP contribution is -2.03. The molecule has 1 atom stereocenters. The molecule has 0 aromatic rings. The maximum atomic E-state index is 8.56. The van der Waals surface area contributed by atoms with E-state index in [2.05, 4.69) is 11.8 Å². The van der Waals surface area contributed by atoms with Gasteiger partial charge in [0.05, 0.1) is 6.10 Å². The molecule has 18 heavy (non-hydrogen) atoms. The Balaban J connectivity index is -0.000000233. The van der Waals surface area contributed by atoms with Gasteiger partial charge in [0.1, 0.15) is 0 Å². The van der Waals surface area contributed by atoms with Crippen LogP contribution in [0.15, 0.2) is 0 Å². The monoisotopic (exact) mass is 270 g/mol. The second kappa shape index (κ2) is 17.8. The zero-order valence-electron chi connectivity index (χ0n) is 10.6. The number of hydrogen-bond donors (Lipinski definition) is 5. The Morgan fingerprint density at radius 2 is 1.39 bits per heavy atom. The van der Waals surface area contributed by atoms with Crippen LogP contribution in [0.4, 0.5) is 9.59 Å². The van der Waals surface area contributed by atoms with Crippen LogP contribution in [0.5, 0.6) is 0 Å². The minimum absolute atomic E-state index is 0.0110. The summed E-state index contributed by atoms with van der Waals surface area (Å²) in [6.45, 7) is 4.07. The second-order valence-corrected chi connectivity index (χ2v) is 3.33. The molecule has 0 fully saturated rings. The van der Waals surface area contributed by atoms with Crippen molar-refractivity contribution in [3.05, 3.63) is 0 Å². The van der Waals surface area contributed by atoms with Crippen LogP contribution >= 0.6 is 0 Å². The molecule has 0 saturated carbocycles. The molecule has 0 aliphatic heterocycles. The van der Waals surface area contributed by atoms with Crippen LogP contribution in [-0.2, 0) is 4.89 Å². The maximum Gasteiger partial charge on any atom is 0.503 e. The van der Waals surface area contributed by atoms with Gasteiger partial charge in [-0.15, -0.1) is 0 Å². The Hall–Kier alpha value is -1.54. The van der Waals surface area contributed by atoms with Gasteiger partial charge in [0, 0.05) is 0 Å². The van der Waals surface area contributed by atoms with Crippen molar-refractivity contribution in [2.75, 3.05) is 0 Å². The molecule has 8 heteroatoms. The average molecular weight is 270 g/mol. The maximum absolute atomic E-state index is 8.56. The molecule has 5 N–H and O–H groups in total. The first-order valence-electron chi connectivity index (χ1n) is 5.41. The predicted molar refractivity (Wildman–Crippen MR) is 63.2 cm³/mol. The average Bonchev–Trinajstić information content (AvgIpc) is 2.22. The van der Waals surface area contributed by atoms with Crippen molar-refractivity contribution in [2.24, 2.45) is 0 Å². The van der Waals surface area contributed by atoms with Crippen molar-refractivity contribution in [1.82, 2.24) is 0 Å². The van der Waals surface area contributed by atoms with Crippen molar-refractivity contribution in [1.29, 1.82) is 0 Å². The number of hydrogen-bond acceptors (Lipinski definition) is 4. The van der Waals surface area contributed by atoms with Gasteiger partial charge in [-0.05, 0) is 13.3 Å². The van der Waals surface area contributed by atoms with Gasteiger partial charge in [-0.3, -0.25) is 5.26 Å². The Labute approximate surface area is 105 Å². The van der Waals surface area contributed by atoms with E-state index in [-0.39, 0.29) is 6.10 Å². The summed E-state index contributed by atoms with van der Waals surface area (Å²) in [6, 6.07) is 0. The summed E-state index contributed by atoms with van der Waals surface area (Å²) in [5.41, 5.74) is 0. The minimum Gasteiger partial charge on any atom is -0.450 e. The van der Waals surface area contributed by atoms with Crippen LogP contribution in [0.3, 0.4) is 0 Å². The lowest BCUT2D eigenvalue weighted by atomic mass is 10.1. The molecular formula is C10H22O8. The Bertz CT molecular complexity index is 174. The van der Waals surface area contributed by atoms with E-state index in [0.717, 1.165) is 12.8 Å². The van der Waals surface area contributed by atoms with Crippen LogP contribution in [0.2, 0.25) is 0 Å². The molecule has 0 radical (unpaired) electrons. The SMILES string of the molecule is CCCCCCC(C)OO.O=C(O)O.O=C(O)O. The minimum atomic E-state index is -1.83. The fourth-order valence-electron chi connectivity index (χ4n) is 0.911. The predicted octanol–water partition coefficient (Wildman–Crippen LogP) is 3.28. The van der Waals surface area contributed by atoms with Crippen molar-refractivity contribution < 1.29 is 40.2 Å². The van der Waals surface area contributed by atoms with Crippen molar-refractivity contribution in [3.63, 3.8) is 0 Å². The molecule has 8 nitrogen and oxygen atoms in total. The highest BCUT2D eigenvalue weighted by molar-refractivity contribution is 5.53. The lowest BCUT2D eigenvalue weighted by molar-refractivity contribution is -0.275. The van der Waals surface area contributed by atoms with E-state index in [1.807, 2.05) is 6.92 Å². The van der Waals surface area contributed by atoms with E-state index < -0.39 is 12.3 Å². The smallest absolute Gasteiger partial charge is 0.450 e. The van der Waals surface area contributed by atoms with Crippen LogP contribution in [0.25, 0.3) is 0 Å². The summed E-state index contributed by atoms with van der Waals surface area (Å²) in [5, 5.41) is 36.1. The van der Waals surface area contributed by atoms with Crippen molar-refractivity contribution >= 4 is 12.3 Å². The summed E-state index contributed by atoms with van der Waals surface area (Å²) in [7, 11) is 0. The van der Waals surface area contributed by atoms with Gasteiger partial charge in [-0.1, -0.05) is 32.6 Å². The summed E-state index contributed by atoms with van der Waals surface area (Å²) in [5.74, 6) is 0. The molecule has 0 rings (SSSR count). The fraction of sp³-hybridized carbons (Fsp3) is 0.800. The van der Waals surface area contributed by atoms with E-state index in [1.165, 1.54) is 19.3 Å². The molecule has 0 aliphatic carbocycles. The van der Waals surface area contributed by atoms with Gasteiger partial charge in [-0.25, -0.2) is 14.5 Å². The summed E-state index contributed by atoms with van der Waals surface area (Å²) >= 11 is 0. The highest BCUT2D eigenvalue weighted by Crippen LogP contribution is 2.06. The third kappa shape index (κ3) is 62.8. The highest BCUT2D eigenvalue weighted by atomic mass is 17.1. The van der Waals surface area contributed by atoms with Gasteiger partial charge in [0.25, 0.3) is 0 Å². The topological polar surface area (TPSA) is 145 Å². The molecule has 0 spiro atoms. The first-order chi connectivity index (χ1) is 8.27. The standard InChI is InChI=1S/C8H18O2.2CH2O3/c1-3-4-5-6-7-8(2)10-9;2*2-1(3)4/h8-9H,3-7H2,1-2H3;2*(H2,2,3,4). The molecule has 1 unspecified atom stereocenters. The van der Waals surface area contributed by atoms with Gasteiger partial charge >= 0.3 is 12.3 Å². The number of carboxylic acid groups (broad SMARTS) is 4. The van der Waals surface area contributed by atoms with E-state index in [9.17, 15) is 0 Å². The molecule has 0 amide bonds.